The van der Waals surface area contributed by atoms with E-state index in [0.717, 1.165) is 15.1 Å². The lowest BCUT2D eigenvalue weighted by molar-refractivity contribution is 0.587. The van der Waals surface area contributed by atoms with Gasteiger partial charge in [0.25, 0.3) is 0 Å². The predicted molar refractivity (Wildman–Crippen MR) is 79.9 cm³/mol. The summed E-state index contributed by atoms with van der Waals surface area (Å²) in [7, 11) is 1.86. The number of nitrogens with zero attached hydrogens (tertiary/aromatic N) is 1. The van der Waals surface area contributed by atoms with Gasteiger partial charge < -0.3 is 5.32 Å². The maximum Gasteiger partial charge on any atom is 0.137 e. The molecule has 1 unspecified atom stereocenters. The normalized spacial score (nSPS) is 12.4. The van der Waals surface area contributed by atoms with Gasteiger partial charge in [0, 0.05) is 21.6 Å². The van der Waals surface area contributed by atoms with Crippen molar-refractivity contribution in [1.29, 1.82) is 0 Å². The Morgan fingerprint density at radius 1 is 1.32 bits per heavy atom. The van der Waals surface area contributed by atoms with Crippen LogP contribution < -0.4 is 5.32 Å². The molecule has 1 atom stereocenters. The van der Waals surface area contributed by atoms with Crippen LogP contribution in [0, 0.1) is 5.82 Å². The average Bonchev–Trinajstić information content (AvgIpc) is 2.42. The summed E-state index contributed by atoms with van der Waals surface area (Å²) < 4.78 is 14.9. The van der Waals surface area contributed by atoms with Crippen molar-refractivity contribution in [3.8, 4) is 0 Å². The zero-order valence-corrected chi connectivity index (χ0v) is 13.1. The number of rotatable bonds is 4. The molecule has 0 aliphatic carbocycles. The second-order valence-electron chi connectivity index (χ2n) is 4.12. The quantitative estimate of drug-likeness (QED) is 0.891. The van der Waals surface area contributed by atoms with Gasteiger partial charge in [-0.1, -0.05) is 17.8 Å². The third-order valence-corrected chi connectivity index (χ3v) is 4.27. The van der Waals surface area contributed by atoms with Crippen LogP contribution in [0.4, 0.5) is 4.39 Å². The summed E-state index contributed by atoms with van der Waals surface area (Å²) in [5.74, 6) is -0.214. The maximum absolute atomic E-state index is 14.0. The molecular formula is C14H14BrFN2S. The van der Waals surface area contributed by atoms with Gasteiger partial charge in [-0.15, -0.1) is 0 Å². The van der Waals surface area contributed by atoms with E-state index in [1.165, 1.54) is 11.8 Å². The standard InChI is InChI=1S/C14H14BrFN2S/c1-9(17-2)10-3-5-13(12(16)7-10)19-14-6-4-11(15)8-18-14/h3-9,17H,1-2H3. The van der Waals surface area contributed by atoms with E-state index in [0.29, 0.717) is 4.90 Å². The molecular weight excluding hydrogens is 327 g/mol. The Balaban J connectivity index is 2.19. The molecule has 2 aromatic rings. The summed E-state index contributed by atoms with van der Waals surface area (Å²) >= 11 is 4.65. The highest BCUT2D eigenvalue weighted by Gasteiger charge is 2.09. The van der Waals surface area contributed by atoms with Gasteiger partial charge in [-0.2, -0.15) is 0 Å². The Morgan fingerprint density at radius 3 is 2.68 bits per heavy atom. The summed E-state index contributed by atoms with van der Waals surface area (Å²) in [6.45, 7) is 2.00. The molecule has 0 aliphatic rings. The molecule has 0 aliphatic heterocycles. The van der Waals surface area contributed by atoms with Crippen molar-refractivity contribution in [2.75, 3.05) is 7.05 Å². The van der Waals surface area contributed by atoms with E-state index >= 15 is 0 Å². The topological polar surface area (TPSA) is 24.9 Å². The lowest BCUT2D eigenvalue weighted by Gasteiger charge is -2.11. The van der Waals surface area contributed by atoms with Crippen molar-refractivity contribution in [3.63, 3.8) is 0 Å². The van der Waals surface area contributed by atoms with E-state index in [9.17, 15) is 4.39 Å². The summed E-state index contributed by atoms with van der Waals surface area (Å²) in [6.07, 6.45) is 1.71. The van der Waals surface area contributed by atoms with Crippen LogP contribution >= 0.6 is 27.7 Å². The summed E-state index contributed by atoms with van der Waals surface area (Å²) in [5, 5.41) is 3.87. The Hall–Kier alpha value is -0.910. The zero-order valence-electron chi connectivity index (χ0n) is 10.7. The van der Waals surface area contributed by atoms with Gasteiger partial charge >= 0.3 is 0 Å². The van der Waals surface area contributed by atoms with Crippen molar-refractivity contribution in [3.05, 3.63) is 52.4 Å². The molecule has 0 saturated heterocycles. The summed E-state index contributed by atoms with van der Waals surface area (Å²) in [5.41, 5.74) is 0.938. The van der Waals surface area contributed by atoms with Gasteiger partial charge in [-0.3, -0.25) is 0 Å². The van der Waals surface area contributed by atoms with Crippen LogP contribution in [0.1, 0.15) is 18.5 Å². The van der Waals surface area contributed by atoms with Gasteiger partial charge in [0.1, 0.15) is 10.8 Å². The van der Waals surface area contributed by atoms with Crippen LogP contribution in [0.2, 0.25) is 0 Å². The SMILES string of the molecule is CNC(C)c1ccc(Sc2ccc(Br)cn2)c(F)c1. The smallest absolute Gasteiger partial charge is 0.137 e. The molecule has 1 N–H and O–H groups in total. The summed E-state index contributed by atoms with van der Waals surface area (Å²) in [6, 6.07) is 9.20. The van der Waals surface area contributed by atoms with Crippen molar-refractivity contribution >= 4 is 27.7 Å². The van der Waals surface area contributed by atoms with Gasteiger partial charge in [0.15, 0.2) is 0 Å². The number of aromatic nitrogens is 1. The molecule has 1 aromatic carbocycles. The minimum absolute atomic E-state index is 0.138. The Bertz CT molecular complexity index is 560. The molecule has 1 heterocycles. The van der Waals surface area contributed by atoms with E-state index in [1.807, 2.05) is 32.2 Å². The fourth-order valence-electron chi connectivity index (χ4n) is 1.57. The largest absolute Gasteiger partial charge is 0.313 e. The van der Waals surface area contributed by atoms with Crippen LogP contribution in [-0.4, -0.2) is 12.0 Å². The Kier molecular flexibility index (Phi) is 4.96. The average molecular weight is 341 g/mol. The van der Waals surface area contributed by atoms with Gasteiger partial charge in [-0.25, -0.2) is 9.37 Å². The Morgan fingerprint density at radius 2 is 2.11 bits per heavy atom. The molecule has 2 nitrogen and oxygen atoms in total. The number of nitrogens with one attached hydrogen (secondary N) is 1. The van der Waals surface area contributed by atoms with E-state index in [1.54, 1.807) is 18.3 Å². The molecule has 2 rings (SSSR count). The van der Waals surface area contributed by atoms with Crippen LogP contribution in [-0.2, 0) is 0 Å². The van der Waals surface area contributed by atoms with E-state index in [2.05, 4.69) is 26.2 Å². The molecule has 0 bridgehead atoms. The molecule has 0 fully saturated rings. The predicted octanol–water partition coefficient (Wildman–Crippen LogP) is 4.41. The minimum Gasteiger partial charge on any atom is -0.313 e. The van der Waals surface area contributed by atoms with Crippen molar-refractivity contribution < 1.29 is 4.39 Å². The first-order valence-corrected chi connectivity index (χ1v) is 7.47. The first kappa shape index (κ1) is 14.5. The number of benzene rings is 1. The number of halogens is 2. The molecule has 0 saturated carbocycles. The Labute approximate surface area is 125 Å². The molecule has 0 radical (unpaired) electrons. The second-order valence-corrected chi connectivity index (χ2v) is 6.09. The highest BCUT2D eigenvalue weighted by molar-refractivity contribution is 9.10. The third-order valence-electron chi connectivity index (χ3n) is 2.80. The fraction of sp³-hybridized carbons (Fsp3) is 0.214. The molecule has 0 spiro atoms. The van der Waals surface area contributed by atoms with Gasteiger partial charge in [0.2, 0.25) is 0 Å². The first-order valence-electron chi connectivity index (χ1n) is 5.86. The second kappa shape index (κ2) is 6.50. The highest BCUT2D eigenvalue weighted by atomic mass is 79.9. The van der Waals surface area contributed by atoms with Gasteiger partial charge in [-0.05, 0) is 59.7 Å². The summed E-state index contributed by atoms with van der Waals surface area (Å²) in [4.78, 5) is 4.81. The fourth-order valence-corrected chi connectivity index (χ4v) is 2.57. The van der Waals surface area contributed by atoms with Crippen LogP contribution in [0.5, 0.6) is 0 Å². The molecule has 1 aromatic heterocycles. The van der Waals surface area contributed by atoms with E-state index in [4.69, 9.17) is 0 Å². The monoisotopic (exact) mass is 340 g/mol. The number of hydrogen-bond donors (Lipinski definition) is 1. The molecule has 19 heavy (non-hydrogen) atoms. The lowest BCUT2D eigenvalue weighted by Crippen LogP contribution is -2.12. The third kappa shape index (κ3) is 3.78. The van der Waals surface area contributed by atoms with Crippen molar-refractivity contribution in [2.24, 2.45) is 0 Å². The maximum atomic E-state index is 14.0. The van der Waals surface area contributed by atoms with Crippen LogP contribution in [0.3, 0.4) is 0 Å². The van der Waals surface area contributed by atoms with Crippen LogP contribution in [0.15, 0.2) is 50.9 Å². The molecule has 0 amide bonds. The minimum atomic E-state index is -0.214. The lowest BCUT2D eigenvalue weighted by atomic mass is 10.1. The van der Waals surface area contributed by atoms with E-state index < -0.39 is 0 Å². The van der Waals surface area contributed by atoms with Crippen LogP contribution in [0.25, 0.3) is 0 Å². The number of pyridine rings is 1. The van der Waals surface area contributed by atoms with Crippen molar-refractivity contribution in [2.45, 2.75) is 22.9 Å². The van der Waals surface area contributed by atoms with E-state index in [-0.39, 0.29) is 11.9 Å². The highest BCUT2D eigenvalue weighted by Crippen LogP contribution is 2.30. The molecule has 5 heteroatoms. The van der Waals surface area contributed by atoms with Crippen molar-refractivity contribution in [1.82, 2.24) is 10.3 Å². The number of hydrogen-bond acceptors (Lipinski definition) is 3. The van der Waals surface area contributed by atoms with Gasteiger partial charge in [0.05, 0.1) is 0 Å². The zero-order chi connectivity index (χ0) is 13.8. The first-order chi connectivity index (χ1) is 9.10. The molecule has 100 valence electrons.